The molecule has 12 heteroatoms. The second-order valence-corrected chi connectivity index (χ2v) is 6.84. The summed E-state index contributed by atoms with van der Waals surface area (Å²) >= 11 is 0. The molecule has 29 heavy (non-hydrogen) atoms. The number of nitrogens with zero attached hydrogens (tertiary/aromatic N) is 1. The average molecular weight is 425 g/mol. The molecule has 3 amide bonds. The molecule has 2 fully saturated rings. The van der Waals surface area contributed by atoms with E-state index in [0.717, 1.165) is 30.7 Å². The van der Waals surface area contributed by atoms with Gasteiger partial charge in [0.25, 0.3) is 11.6 Å². The third-order valence-electron chi connectivity index (χ3n) is 4.80. The number of hydrogen-bond donors (Lipinski definition) is 2. The van der Waals surface area contributed by atoms with Crippen molar-refractivity contribution in [2.24, 2.45) is 0 Å². The van der Waals surface area contributed by atoms with Crippen molar-refractivity contribution in [3.05, 3.63) is 24.3 Å². The number of amides is 3. The van der Waals surface area contributed by atoms with E-state index in [9.17, 15) is 35.9 Å². The second kappa shape index (κ2) is 7.39. The minimum absolute atomic E-state index is 0.251. The van der Waals surface area contributed by atoms with Crippen molar-refractivity contribution in [2.45, 2.75) is 56.3 Å². The van der Waals surface area contributed by atoms with Crippen LogP contribution >= 0.6 is 0 Å². The molecule has 1 saturated carbocycles. The quantitative estimate of drug-likeness (QED) is 0.569. The molecule has 160 valence electrons. The van der Waals surface area contributed by atoms with E-state index >= 15 is 0 Å². The molecule has 0 aromatic heterocycles. The molecule has 2 N–H and O–H groups in total. The fourth-order valence-corrected chi connectivity index (χ4v) is 3.49. The van der Waals surface area contributed by atoms with Crippen LogP contribution in [0.4, 0.5) is 36.8 Å². The fraction of sp³-hybridized carbons (Fsp3) is 0.529. The number of urea groups is 1. The number of carbonyl (C=O) groups excluding carboxylic acids is 2. The first kappa shape index (κ1) is 21.2. The van der Waals surface area contributed by atoms with Crippen LogP contribution in [0.3, 0.4) is 0 Å². The lowest BCUT2D eigenvalue weighted by atomic mass is 9.93. The second-order valence-electron chi connectivity index (χ2n) is 6.84. The smallest absolute Gasteiger partial charge is 0.406 e. The number of halogens is 6. The van der Waals surface area contributed by atoms with E-state index < -0.39 is 41.9 Å². The molecular formula is C17H17F6N3O3. The molecule has 2 aliphatic rings. The lowest BCUT2D eigenvalue weighted by Gasteiger charge is -2.35. The molecule has 1 atom stereocenters. The van der Waals surface area contributed by atoms with E-state index in [0.29, 0.717) is 25.7 Å². The summed E-state index contributed by atoms with van der Waals surface area (Å²) in [5, 5.41) is 3.97. The van der Waals surface area contributed by atoms with Crippen LogP contribution < -0.4 is 20.3 Å². The highest BCUT2D eigenvalue weighted by Gasteiger charge is 2.68. The Bertz CT molecular complexity index is 774. The average Bonchev–Trinajstić information content (AvgIpc) is 2.86. The van der Waals surface area contributed by atoms with Gasteiger partial charge >= 0.3 is 18.6 Å². The van der Waals surface area contributed by atoms with Crippen molar-refractivity contribution in [3.8, 4) is 5.75 Å². The first-order chi connectivity index (χ1) is 13.4. The molecule has 1 aliphatic heterocycles. The molecule has 1 aliphatic carbocycles. The van der Waals surface area contributed by atoms with E-state index in [1.165, 1.54) is 0 Å². The first-order valence-corrected chi connectivity index (χ1v) is 8.80. The Balaban J connectivity index is 1.87. The maximum absolute atomic E-state index is 13.9. The normalized spacial score (nSPS) is 24.0. The van der Waals surface area contributed by atoms with Crippen molar-refractivity contribution in [1.29, 1.82) is 0 Å². The van der Waals surface area contributed by atoms with Crippen molar-refractivity contribution < 1.29 is 40.7 Å². The number of benzene rings is 1. The Morgan fingerprint density at radius 3 is 2.10 bits per heavy atom. The number of nitrogens with one attached hydrogen (secondary N) is 2. The molecule has 0 bridgehead atoms. The number of hydrogen-bond acceptors (Lipinski definition) is 4. The fourth-order valence-electron chi connectivity index (χ4n) is 3.49. The maximum Gasteiger partial charge on any atom is 0.573 e. The number of imide groups is 1. The Kier molecular flexibility index (Phi) is 5.41. The van der Waals surface area contributed by atoms with Crippen molar-refractivity contribution in [2.75, 3.05) is 4.90 Å². The minimum atomic E-state index is -5.13. The van der Waals surface area contributed by atoms with Gasteiger partial charge in [-0.15, -0.1) is 13.2 Å². The molecule has 1 heterocycles. The largest absolute Gasteiger partial charge is 0.573 e. The lowest BCUT2D eigenvalue weighted by Crippen LogP contribution is -2.70. The lowest BCUT2D eigenvalue weighted by molar-refractivity contribution is -0.274. The first-order valence-electron chi connectivity index (χ1n) is 8.80. The van der Waals surface area contributed by atoms with Gasteiger partial charge in [0.05, 0.1) is 5.69 Å². The molecule has 3 rings (SSSR count). The highest BCUT2D eigenvalue weighted by atomic mass is 19.4. The predicted octanol–water partition coefficient (Wildman–Crippen LogP) is 3.82. The topological polar surface area (TPSA) is 70.7 Å². The van der Waals surface area contributed by atoms with Crippen LogP contribution in [0, 0.1) is 0 Å². The summed E-state index contributed by atoms with van der Waals surface area (Å²) in [6.07, 6.45) is -7.00. The van der Waals surface area contributed by atoms with Gasteiger partial charge in [-0.25, -0.2) is 9.69 Å². The standard InChI is InChI=1S/C17H17F6N3O3/c18-16(19,20)15(24-10-4-2-1-3-5-10)13(27)26(14(28)25-15)11-6-8-12(9-7-11)29-17(21,22)23/h6-10,24H,1-5H2,(H,25,28). The number of ether oxygens (including phenoxy) is 1. The van der Waals surface area contributed by atoms with E-state index in [4.69, 9.17) is 0 Å². The van der Waals surface area contributed by atoms with Gasteiger partial charge in [0.2, 0.25) is 0 Å². The molecule has 1 unspecified atom stereocenters. The highest BCUT2D eigenvalue weighted by molar-refractivity contribution is 6.23. The summed E-state index contributed by atoms with van der Waals surface area (Å²) in [4.78, 5) is 25.2. The van der Waals surface area contributed by atoms with Gasteiger partial charge in [-0.2, -0.15) is 13.2 Å². The number of anilines is 1. The summed E-state index contributed by atoms with van der Waals surface area (Å²) < 4.78 is 82.0. The highest BCUT2D eigenvalue weighted by Crippen LogP contribution is 2.37. The van der Waals surface area contributed by atoms with E-state index in [2.05, 4.69) is 10.1 Å². The number of carbonyl (C=O) groups is 2. The van der Waals surface area contributed by atoms with Crippen molar-refractivity contribution in [3.63, 3.8) is 0 Å². The molecule has 1 aromatic rings. The van der Waals surface area contributed by atoms with Gasteiger partial charge in [0, 0.05) is 6.04 Å². The van der Waals surface area contributed by atoms with Gasteiger partial charge in [0.15, 0.2) is 0 Å². The predicted molar refractivity (Wildman–Crippen MR) is 87.9 cm³/mol. The van der Waals surface area contributed by atoms with Gasteiger partial charge < -0.3 is 10.1 Å². The van der Waals surface area contributed by atoms with E-state index in [1.807, 2.05) is 0 Å². The summed E-state index contributed by atoms with van der Waals surface area (Å²) in [5.74, 6) is -2.24. The van der Waals surface area contributed by atoms with Crippen molar-refractivity contribution in [1.82, 2.24) is 10.6 Å². The summed E-state index contributed by atoms with van der Waals surface area (Å²) in [6.45, 7) is 0. The van der Waals surface area contributed by atoms with Crippen LogP contribution in [0.2, 0.25) is 0 Å². The monoisotopic (exact) mass is 425 g/mol. The van der Waals surface area contributed by atoms with Crippen LogP contribution in [-0.2, 0) is 4.79 Å². The third-order valence-corrected chi connectivity index (χ3v) is 4.80. The molecular weight excluding hydrogens is 408 g/mol. The zero-order valence-electron chi connectivity index (χ0n) is 14.9. The Morgan fingerprint density at radius 1 is 1.00 bits per heavy atom. The Morgan fingerprint density at radius 2 is 1.59 bits per heavy atom. The summed E-state index contributed by atoms with van der Waals surface area (Å²) in [6, 6.07) is 1.44. The SMILES string of the molecule is O=C1NC(NC2CCCCC2)(C(F)(F)F)C(=O)N1c1ccc(OC(F)(F)F)cc1. The van der Waals surface area contributed by atoms with Crippen LogP contribution in [0.15, 0.2) is 24.3 Å². The molecule has 1 aromatic carbocycles. The van der Waals surface area contributed by atoms with Gasteiger partial charge in [-0.1, -0.05) is 19.3 Å². The zero-order chi connectivity index (χ0) is 21.4. The Hall–Kier alpha value is -2.50. The summed E-state index contributed by atoms with van der Waals surface area (Å²) in [7, 11) is 0. The van der Waals surface area contributed by atoms with Crippen molar-refractivity contribution >= 4 is 17.6 Å². The van der Waals surface area contributed by atoms with Crippen LogP contribution in [0.25, 0.3) is 0 Å². The minimum Gasteiger partial charge on any atom is -0.406 e. The van der Waals surface area contributed by atoms with E-state index in [-0.39, 0.29) is 10.6 Å². The van der Waals surface area contributed by atoms with Crippen LogP contribution in [0.5, 0.6) is 5.75 Å². The van der Waals surface area contributed by atoms with Crippen LogP contribution in [0.1, 0.15) is 32.1 Å². The zero-order valence-corrected chi connectivity index (χ0v) is 14.9. The number of alkyl halides is 6. The molecule has 6 nitrogen and oxygen atoms in total. The van der Waals surface area contributed by atoms with Gasteiger partial charge in [-0.3, -0.25) is 10.1 Å². The van der Waals surface area contributed by atoms with Gasteiger partial charge in [-0.05, 0) is 37.1 Å². The summed E-state index contributed by atoms with van der Waals surface area (Å²) in [5.41, 5.74) is -3.62. The molecule has 0 spiro atoms. The van der Waals surface area contributed by atoms with E-state index in [1.54, 1.807) is 5.32 Å². The molecule has 1 saturated heterocycles. The maximum atomic E-state index is 13.9. The third kappa shape index (κ3) is 4.26. The molecule has 0 radical (unpaired) electrons. The number of rotatable bonds is 4. The Labute approximate surface area is 161 Å². The van der Waals surface area contributed by atoms with Crippen LogP contribution in [-0.4, -0.2) is 36.2 Å². The van der Waals surface area contributed by atoms with Gasteiger partial charge in [0.1, 0.15) is 5.75 Å².